The Balaban J connectivity index is 1.54. The second-order valence-corrected chi connectivity index (χ2v) is 5.83. The van der Waals surface area contributed by atoms with Gasteiger partial charge in [-0.25, -0.2) is 0 Å². The average Bonchev–Trinajstić information content (AvgIpc) is 2.51. The lowest BCUT2D eigenvalue weighted by Crippen LogP contribution is -2.42. The molecular weight excluding hydrogens is 266 g/mol. The first-order chi connectivity index (χ1) is 10.2. The SMILES string of the molecule is NC1CCN(CCCN2C(=O)COc3ccccc32)CC1. The molecule has 3 rings (SSSR count). The Morgan fingerprint density at radius 2 is 1.95 bits per heavy atom. The number of benzene rings is 1. The third-order valence-corrected chi connectivity index (χ3v) is 4.30. The third-order valence-electron chi connectivity index (χ3n) is 4.30. The molecule has 2 aliphatic heterocycles. The summed E-state index contributed by atoms with van der Waals surface area (Å²) in [6.07, 6.45) is 3.15. The summed E-state index contributed by atoms with van der Waals surface area (Å²) in [4.78, 5) is 16.4. The minimum atomic E-state index is 0.0503. The van der Waals surface area contributed by atoms with Crippen molar-refractivity contribution in [1.82, 2.24) is 4.90 Å². The quantitative estimate of drug-likeness (QED) is 0.905. The van der Waals surface area contributed by atoms with E-state index in [0.717, 1.165) is 56.9 Å². The summed E-state index contributed by atoms with van der Waals surface area (Å²) in [5, 5.41) is 0. The van der Waals surface area contributed by atoms with Crippen LogP contribution in [-0.2, 0) is 4.79 Å². The molecular formula is C16H23N3O2. The molecule has 2 aliphatic rings. The number of para-hydroxylation sites is 2. The molecule has 1 saturated heterocycles. The van der Waals surface area contributed by atoms with Crippen molar-refractivity contribution < 1.29 is 9.53 Å². The van der Waals surface area contributed by atoms with E-state index in [9.17, 15) is 4.79 Å². The van der Waals surface area contributed by atoms with E-state index >= 15 is 0 Å². The number of likely N-dealkylation sites (tertiary alicyclic amines) is 1. The zero-order chi connectivity index (χ0) is 14.7. The molecule has 5 heteroatoms. The zero-order valence-electron chi connectivity index (χ0n) is 12.3. The first-order valence-electron chi connectivity index (χ1n) is 7.74. The van der Waals surface area contributed by atoms with Crippen molar-refractivity contribution in [3.63, 3.8) is 0 Å². The summed E-state index contributed by atoms with van der Waals surface area (Å²) in [6, 6.07) is 8.12. The molecule has 0 aromatic heterocycles. The van der Waals surface area contributed by atoms with Crippen LogP contribution in [0, 0.1) is 0 Å². The lowest BCUT2D eigenvalue weighted by molar-refractivity contribution is -0.121. The predicted octanol–water partition coefficient (Wildman–Crippen LogP) is 1.23. The smallest absolute Gasteiger partial charge is 0.265 e. The highest BCUT2D eigenvalue weighted by atomic mass is 16.5. The van der Waals surface area contributed by atoms with Crippen molar-refractivity contribution in [2.75, 3.05) is 37.7 Å². The molecule has 0 spiro atoms. The largest absolute Gasteiger partial charge is 0.482 e. The van der Waals surface area contributed by atoms with Gasteiger partial charge in [0.2, 0.25) is 0 Å². The monoisotopic (exact) mass is 289 g/mol. The molecule has 0 unspecified atom stereocenters. The van der Waals surface area contributed by atoms with E-state index in [1.807, 2.05) is 29.2 Å². The van der Waals surface area contributed by atoms with Gasteiger partial charge in [0, 0.05) is 12.6 Å². The number of carbonyl (C=O) groups excluding carboxylic acids is 1. The summed E-state index contributed by atoms with van der Waals surface area (Å²) >= 11 is 0. The van der Waals surface area contributed by atoms with E-state index in [0.29, 0.717) is 6.04 Å². The van der Waals surface area contributed by atoms with Gasteiger partial charge in [-0.3, -0.25) is 4.79 Å². The van der Waals surface area contributed by atoms with E-state index in [-0.39, 0.29) is 12.5 Å². The van der Waals surface area contributed by atoms with Gasteiger partial charge in [0.25, 0.3) is 5.91 Å². The van der Waals surface area contributed by atoms with E-state index in [2.05, 4.69) is 4.90 Å². The molecule has 1 aromatic carbocycles. The molecule has 2 N–H and O–H groups in total. The Morgan fingerprint density at radius 3 is 2.76 bits per heavy atom. The van der Waals surface area contributed by atoms with Crippen LogP contribution in [0.3, 0.4) is 0 Å². The van der Waals surface area contributed by atoms with Crippen molar-refractivity contribution in [2.24, 2.45) is 5.73 Å². The maximum atomic E-state index is 12.1. The van der Waals surface area contributed by atoms with Gasteiger partial charge in [0.1, 0.15) is 5.75 Å². The molecule has 0 bridgehead atoms. The van der Waals surface area contributed by atoms with Gasteiger partial charge in [-0.2, -0.15) is 0 Å². The summed E-state index contributed by atoms with van der Waals surface area (Å²) in [6.45, 7) is 4.08. The van der Waals surface area contributed by atoms with Crippen molar-refractivity contribution in [1.29, 1.82) is 0 Å². The van der Waals surface area contributed by atoms with Crippen molar-refractivity contribution >= 4 is 11.6 Å². The number of rotatable bonds is 4. The van der Waals surface area contributed by atoms with Crippen LogP contribution in [0.4, 0.5) is 5.69 Å². The van der Waals surface area contributed by atoms with Crippen molar-refractivity contribution in [2.45, 2.75) is 25.3 Å². The molecule has 114 valence electrons. The average molecular weight is 289 g/mol. The highest BCUT2D eigenvalue weighted by Crippen LogP contribution is 2.31. The summed E-state index contributed by atoms with van der Waals surface area (Å²) in [5.41, 5.74) is 6.82. The molecule has 0 atom stereocenters. The fourth-order valence-electron chi connectivity index (χ4n) is 3.03. The van der Waals surface area contributed by atoms with E-state index in [4.69, 9.17) is 10.5 Å². The lowest BCUT2D eigenvalue weighted by Gasteiger charge is -2.32. The summed E-state index contributed by atoms with van der Waals surface area (Å²) in [5.74, 6) is 0.857. The summed E-state index contributed by atoms with van der Waals surface area (Å²) in [7, 11) is 0. The van der Waals surface area contributed by atoms with E-state index < -0.39 is 0 Å². The normalized spacial score (nSPS) is 20.2. The first kappa shape index (κ1) is 14.4. The minimum absolute atomic E-state index is 0.0503. The highest BCUT2D eigenvalue weighted by molar-refractivity contribution is 5.97. The van der Waals surface area contributed by atoms with Crippen molar-refractivity contribution in [3.8, 4) is 5.75 Å². The maximum Gasteiger partial charge on any atom is 0.265 e. The molecule has 21 heavy (non-hydrogen) atoms. The highest BCUT2D eigenvalue weighted by Gasteiger charge is 2.25. The Morgan fingerprint density at radius 1 is 1.19 bits per heavy atom. The molecule has 0 saturated carbocycles. The predicted molar refractivity (Wildman–Crippen MR) is 82.6 cm³/mol. The van der Waals surface area contributed by atoms with Crippen LogP contribution in [0.5, 0.6) is 5.75 Å². The first-order valence-corrected chi connectivity index (χ1v) is 7.74. The Hall–Kier alpha value is -1.59. The Bertz CT molecular complexity index is 498. The molecule has 5 nitrogen and oxygen atoms in total. The number of amides is 1. The third kappa shape index (κ3) is 3.36. The molecule has 1 amide bonds. The van der Waals surface area contributed by atoms with Crippen LogP contribution in [0.1, 0.15) is 19.3 Å². The van der Waals surface area contributed by atoms with Gasteiger partial charge < -0.3 is 20.3 Å². The fraction of sp³-hybridized carbons (Fsp3) is 0.562. The van der Waals surface area contributed by atoms with Crippen LogP contribution in [0.2, 0.25) is 0 Å². The van der Waals surface area contributed by atoms with Gasteiger partial charge >= 0.3 is 0 Å². The van der Waals surface area contributed by atoms with Gasteiger partial charge in [0.15, 0.2) is 6.61 Å². The number of nitrogens with two attached hydrogens (primary N) is 1. The number of carbonyl (C=O) groups is 1. The number of piperidine rings is 1. The minimum Gasteiger partial charge on any atom is -0.482 e. The molecule has 2 heterocycles. The van der Waals surface area contributed by atoms with Crippen molar-refractivity contribution in [3.05, 3.63) is 24.3 Å². The molecule has 0 aliphatic carbocycles. The number of fused-ring (bicyclic) bond motifs is 1. The van der Waals surface area contributed by atoms with Crippen LogP contribution in [0.25, 0.3) is 0 Å². The lowest BCUT2D eigenvalue weighted by atomic mass is 10.1. The van der Waals surface area contributed by atoms with Crippen LogP contribution >= 0.6 is 0 Å². The second-order valence-electron chi connectivity index (χ2n) is 5.83. The summed E-state index contributed by atoms with van der Waals surface area (Å²) < 4.78 is 5.46. The van der Waals surface area contributed by atoms with Gasteiger partial charge in [-0.15, -0.1) is 0 Å². The Labute approximate surface area is 125 Å². The number of anilines is 1. The zero-order valence-corrected chi connectivity index (χ0v) is 12.3. The van der Waals surface area contributed by atoms with Gasteiger partial charge in [-0.1, -0.05) is 12.1 Å². The number of nitrogens with zero attached hydrogens (tertiary/aromatic N) is 2. The van der Waals surface area contributed by atoms with Crippen LogP contribution in [0.15, 0.2) is 24.3 Å². The standard InChI is InChI=1S/C16H23N3O2/c17-13-6-10-18(11-7-13)8-3-9-19-14-4-1-2-5-15(14)21-12-16(19)20/h1-2,4-5,13H,3,6-12,17H2. The fourth-order valence-corrected chi connectivity index (χ4v) is 3.03. The maximum absolute atomic E-state index is 12.1. The molecule has 1 fully saturated rings. The van der Waals surface area contributed by atoms with E-state index in [1.54, 1.807) is 0 Å². The van der Waals surface area contributed by atoms with Gasteiger partial charge in [-0.05, 0) is 51.0 Å². The van der Waals surface area contributed by atoms with Gasteiger partial charge in [0.05, 0.1) is 5.69 Å². The second kappa shape index (κ2) is 6.45. The molecule has 0 radical (unpaired) electrons. The number of ether oxygens (including phenoxy) is 1. The Kier molecular flexibility index (Phi) is 4.41. The number of hydrogen-bond acceptors (Lipinski definition) is 4. The van der Waals surface area contributed by atoms with Crippen LogP contribution < -0.4 is 15.4 Å². The van der Waals surface area contributed by atoms with E-state index in [1.165, 1.54) is 0 Å². The molecule has 1 aromatic rings. The number of hydrogen-bond donors (Lipinski definition) is 1. The van der Waals surface area contributed by atoms with Crippen LogP contribution in [-0.4, -0.2) is 49.6 Å². The topological polar surface area (TPSA) is 58.8 Å².